The zero-order valence-electron chi connectivity index (χ0n) is 35.0. The van der Waals surface area contributed by atoms with E-state index in [0.29, 0.717) is 50.4 Å². The normalized spacial score (nSPS) is 25.5. The first-order valence-corrected chi connectivity index (χ1v) is 21.9. The van der Waals surface area contributed by atoms with Crippen molar-refractivity contribution in [3.8, 4) is 11.8 Å². The summed E-state index contributed by atoms with van der Waals surface area (Å²) in [5.41, 5.74) is 5.33. The molecule has 3 N–H and O–H groups in total. The third kappa shape index (κ3) is 8.59. The predicted octanol–water partition coefficient (Wildman–Crippen LogP) is 3.71. The minimum absolute atomic E-state index is 0.00916. The summed E-state index contributed by atoms with van der Waals surface area (Å²) >= 11 is 0. The number of allylic oxidation sites excluding steroid dienone is 2. The van der Waals surface area contributed by atoms with Gasteiger partial charge in [-0.15, -0.1) is 0 Å². The molecule has 15 nitrogen and oxygen atoms in total. The first-order valence-electron chi connectivity index (χ1n) is 21.9. The predicted molar refractivity (Wildman–Crippen MR) is 220 cm³/mol. The van der Waals surface area contributed by atoms with E-state index in [2.05, 4.69) is 31.0 Å². The molecule has 1 saturated carbocycles. The van der Waals surface area contributed by atoms with Crippen molar-refractivity contribution in [2.24, 2.45) is 16.3 Å². The summed E-state index contributed by atoms with van der Waals surface area (Å²) in [7, 11) is 0. The maximum absolute atomic E-state index is 15.4. The number of imide groups is 2. The Labute approximate surface area is 366 Å². The topological polar surface area (TPSA) is 186 Å². The van der Waals surface area contributed by atoms with Gasteiger partial charge < -0.3 is 24.5 Å². The molecular weight excluding hydrogens is 839 g/mol. The van der Waals surface area contributed by atoms with Crippen LogP contribution in [0.3, 0.4) is 0 Å². The van der Waals surface area contributed by atoms with Gasteiger partial charge in [-0.2, -0.15) is 18.4 Å². The summed E-state index contributed by atoms with van der Waals surface area (Å²) in [6.45, 7) is 5.90. The van der Waals surface area contributed by atoms with Gasteiger partial charge in [-0.1, -0.05) is 0 Å². The number of carbonyl (C=O) groups is 4. The van der Waals surface area contributed by atoms with E-state index in [1.54, 1.807) is 12.1 Å². The van der Waals surface area contributed by atoms with E-state index in [0.717, 1.165) is 87.3 Å². The molecule has 7 aliphatic rings. The van der Waals surface area contributed by atoms with Crippen LogP contribution >= 0.6 is 0 Å². The van der Waals surface area contributed by atoms with Crippen LogP contribution in [0.1, 0.15) is 96.1 Å². The highest BCUT2D eigenvalue weighted by Gasteiger charge is 2.49. The van der Waals surface area contributed by atoms with E-state index in [4.69, 9.17) is 10.00 Å². The summed E-state index contributed by atoms with van der Waals surface area (Å²) in [5.74, 6) is -2.04. The first-order chi connectivity index (χ1) is 30.7. The van der Waals surface area contributed by atoms with E-state index in [-0.39, 0.29) is 58.9 Å². The number of rotatable bonds is 9. The van der Waals surface area contributed by atoms with Gasteiger partial charge in [-0.05, 0) is 119 Å². The van der Waals surface area contributed by atoms with Gasteiger partial charge in [0.2, 0.25) is 11.8 Å². The number of halogens is 4. The number of hydrogen-bond donors (Lipinski definition) is 3. The van der Waals surface area contributed by atoms with Crippen LogP contribution < -0.4 is 30.9 Å². The van der Waals surface area contributed by atoms with Crippen LogP contribution in [-0.2, 0) is 15.8 Å². The molecule has 6 heterocycles. The molecule has 0 bridgehead atoms. The lowest BCUT2D eigenvalue weighted by atomic mass is 9.71. The van der Waals surface area contributed by atoms with Gasteiger partial charge >= 0.3 is 6.18 Å². The number of benzene rings is 2. The van der Waals surface area contributed by atoms with Crippen molar-refractivity contribution in [3.63, 3.8) is 0 Å². The van der Waals surface area contributed by atoms with Crippen molar-refractivity contribution < 1.29 is 46.6 Å². The molecule has 1 atom stereocenters. The number of fused-ring (bicyclic) bond motifs is 1. The van der Waals surface area contributed by atoms with Crippen LogP contribution in [0, 0.1) is 28.5 Å². The van der Waals surface area contributed by atoms with Crippen molar-refractivity contribution in [2.75, 3.05) is 50.7 Å². The Hall–Kier alpha value is -6.16. The van der Waals surface area contributed by atoms with Crippen LogP contribution in [0.15, 0.2) is 59.0 Å². The van der Waals surface area contributed by atoms with E-state index in [1.165, 1.54) is 12.1 Å². The Morgan fingerprint density at radius 2 is 1.59 bits per heavy atom. The highest BCUT2D eigenvalue weighted by Crippen LogP contribution is 2.45. The molecule has 6 aliphatic heterocycles. The number of nitrogens with zero attached hydrogens (tertiary/aromatic N) is 6. The molecule has 1 unspecified atom stereocenters. The number of carbonyl (C=O) groups excluding carboxylic acids is 4. The van der Waals surface area contributed by atoms with Gasteiger partial charge in [0, 0.05) is 56.5 Å². The Kier molecular flexibility index (Phi) is 11.5. The average Bonchev–Trinajstić information content (AvgIpc) is 3.50. The number of anilines is 1. The Morgan fingerprint density at radius 1 is 0.891 bits per heavy atom. The quantitative estimate of drug-likeness (QED) is 0.144. The van der Waals surface area contributed by atoms with E-state index < -0.39 is 52.8 Å². The molecule has 5 fully saturated rings. The Balaban J connectivity index is 0.699. The smallest absolute Gasteiger partial charge is 0.417 e. The van der Waals surface area contributed by atoms with Gasteiger partial charge in [-0.25, -0.2) is 4.39 Å². The third-order valence-electron chi connectivity index (χ3n) is 13.9. The van der Waals surface area contributed by atoms with Gasteiger partial charge in [0.1, 0.15) is 23.4 Å². The Bertz CT molecular complexity index is 2360. The SMILES string of the molecule is N#Cc1ccc(OC2CCC(N=C([O-])C3=CC=C(N4CCC(CN5CCC6(CC5)CN(c5cc7c(cc5F)C(=O)N(C5CCC(=O)NC5=O)C7=O)C6)CC4)NN3)CC2)cc1C(F)(F)F. The lowest BCUT2D eigenvalue weighted by molar-refractivity contribution is -0.214. The lowest BCUT2D eigenvalue weighted by Gasteiger charge is -2.55. The van der Waals surface area contributed by atoms with E-state index in [1.807, 2.05) is 11.0 Å². The summed E-state index contributed by atoms with van der Waals surface area (Å²) in [6.07, 6.45) is 4.79. The number of aliphatic imine (C=N–C) groups is 1. The monoisotopic (exact) mass is 886 g/mol. The number of nitrogens with one attached hydrogen (secondary N) is 3. The summed E-state index contributed by atoms with van der Waals surface area (Å²) in [6, 6.07) is 6.11. The van der Waals surface area contributed by atoms with Crippen LogP contribution in [0.2, 0.25) is 0 Å². The first kappa shape index (κ1) is 43.1. The maximum Gasteiger partial charge on any atom is 0.417 e. The third-order valence-corrected chi connectivity index (χ3v) is 13.9. The molecule has 338 valence electrons. The molecule has 2 aromatic rings. The number of ether oxygens (including phenoxy) is 1. The van der Waals surface area contributed by atoms with Crippen LogP contribution in [0.4, 0.5) is 23.2 Å². The molecule has 4 saturated heterocycles. The molecule has 19 heteroatoms. The summed E-state index contributed by atoms with van der Waals surface area (Å²) in [4.78, 5) is 62.4. The minimum atomic E-state index is -4.67. The Morgan fingerprint density at radius 3 is 2.23 bits per heavy atom. The van der Waals surface area contributed by atoms with Gasteiger partial charge in [-0.3, -0.25) is 45.2 Å². The standard InChI is InChI=1S/C45H49F4N9O6/c46-34-20-31-32(43(63)58(42(31)62)36-8-10-39(59)52-41(36)61)21-37(34)57-24-44(25-57)13-17-55(18-14-44)23-26-11-15-56(16-12-26)38-9-7-35(53-54-38)40(60)51-28-2-5-29(6-3-28)64-30-4-1-27(22-50)33(19-30)45(47,48)49/h1,4,7,9,19-21,26,28-29,36,53-54H,2-3,5-6,8,10-18,23-25H2,(H,51,60)(H,52,59,61)/p-1. The second-order valence-corrected chi connectivity index (χ2v) is 18.1. The van der Waals surface area contributed by atoms with Crippen molar-refractivity contribution >= 4 is 35.2 Å². The van der Waals surface area contributed by atoms with Crippen LogP contribution in [-0.4, -0.2) is 108 Å². The highest BCUT2D eigenvalue weighted by atomic mass is 19.4. The van der Waals surface area contributed by atoms with E-state index >= 15 is 4.39 Å². The molecule has 2 aromatic carbocycles. The van der Waals surface area contributed by atoms with Crippen molar-refractivity contribution in [3.05, 3.63) is 82.1 Å². The molecule has 0 radical (unpaired) electrons. The summed E-state index contributed by atoms with van der Waals surface area (Å²) in [5, 5.41) is 24.2. The number of alkyl halides is 3. The molecule has 1 spiro atoms. The fraction of sp³-hybridized carbons (Fsp3) is 0.511. The second-order valence-electron chi connectivity index (χ2n) is 18.1. The molecule has 0 aromatic heterocycles. The second kappa shape index (κ2) is 17.1. The minimum Gasteiger partial charge on any atom is -0.857 e. The van der Waals surface area contributed by atoms with Crippen LogP contribution in [0.25, 0.3) is 0 Å². The molecule has 4 amide bonds. The largest absolute Gasteiger partial charge is 0.857 e. The number of amides is 4. The molecular formula is C45H48F4N9O6-. The lowest BCUT2D eigenvalue weighted by Crippen LogP contribution is -2.61. The van der Waals surface area contributed by atoms with Gasteiger partial charge in [0.05, 0.1) is 45.8 Å². The van der Waals surface area contributed by atoms with Crippen molar-refractivity contribution in [1.29, 1.82) is 5.26 Å². The fourth-order valence-electron chi connectivity index (χ4n) is 10.2. The number of piperidine rings is 3. The zero-order chi connectivity index (χ0) is 44.9. The molecule has 64 heavy (non-hydrogen) atoms. The summed E-state index contributed by atoms with van der Waals surface area (Å²) < 4.78 is 61.4. The number of hydrogen-bond acceptors (Lipinski definition) is 13. The van der Waals surface area contributed by atoms with Crippen LogP contribution in [0.5, 0.6) is 5.75 Å². The zero-order valence-corrected chi connectivity index (χ0v) is 35.0. The number of nitriles is 1. The maximum atomic E-state index is 15.4. The van der Waals surface area contributed by atoms with Crippen molar-refractivity contribution in [2.45, 2.75) is 88.6 Å². The van der Waals surface area contributed by atoms with E-state index in [9.17, 15) is 37.5 Å². The average molecular weight is 887 g/mol. The number of hydrazine groups is 1. The van der Waals surface area contributed by atoms with Crippen molar-refractivity contribution in [1.82, 2.24) is 30.9 Å². The van der Waals surface area contributed by atoms with Gasteiger partial charge in [0.15, 0.2) is 0 Å². The fourth-order valence-corrected chi connectivity index (χ4v) is 10.2. The molecule has 1 aliphatic carbocycles. The van der Waals surface area contributed by atoms with Gasteiger partial charge in [0.25, 0.3) is 11.8 Å². The highest BCUT2D eigenvalue weighted by molar-refractivity contribution is 6.23. The number of likely N-dealkylation sites (tertiary alicyclic amines) is 2. The molecule has 9 rings (SSSR count).